The number of nitrogens with one attached hydrogen (secondary N) is 1. The van der Waals surface area contributed by atoms with Crippen molar-refractivity contribution in [1.29, 1.82) is 0 Å². The van der Waals surface area contributed by atoms with Crippen LogP contribution in [-0.2, 0) is 11.2 Å². The van der Waals surface area contributed by atoms with Crippen LogP contribution < -0.4 is 5.32 Å². The van der Waals surface area contributed by atoms with Crippen LogP contribution >= 0.6 is 15.9 Å². The zero-order chi connectivity index (χ0) is 13.0. The zero-order valence-electron chi connectivity index (χ0n) is 10.7. The third kappa shape index (κ3) is 3.56. The van der Waals surface area contributed by atoms with Crippen LogP contribution in [0, 0.1) is 5.92 Å². The molecule has 1 aromatic carbocycles. The summed E-state index contributed by atoms with van der Waals surface area (Å²) in [4.78, 5) is 14.2. The van der Waals surface area contributed by atoms with Gasteiger partial charge in [-0.15, -0.1) is 0 Å². The highest BCUT2D eigenvalue weighted by Crippen LogP contribution is 2.16. The number of carbonyl (C=O) groups is 1. The summed E-state index contributed by atoms with van der Waals surface area (Å²) in [6.07, 6.45) is 0.808. The van der Waals surface area contributed by atoms with Gasteiger partial charge in [-0.2, -0.15) is 0 Å². The van der Waals surface area contributed by atoms with Crippen LogP contribution in [0.25, 0.3) is 0 Å². The van der Waals surface area contributed by atoms with Gasteiger partial charge < -0.3 is 10.2 Å². The lowest BCUT2D eigenvalue weighted by molar-refractivity contribution is -0.135. The molecule has 2 rings (SSSR count). The van der Waals surface area contributed by atoms with E-state index in [4.69, 9.17) is 0 Å². The molecule has 1 saturated heterocycles. The molecule has 1 heterocycles. The standard InChI is InChI=1S/C14H19BrN2O/c1-11(9-12-3-2-4-13(15)10-12)14(18)17-7-5-16-6-8-17/h2-4,10-11,16H,5-9H2,1H3. The van der Waals surface area contributed by atoms with Gasteiger partial charge in [0.15, 0.2) is 0 Å². The van der Waals surface area contributed by atoms with E-state index in [1.807, 2.05) is 24.0 Å². The van der Waals surface area contributed by atoms with Gasteiger partial charge in [0.1, 0.15) is 0 Å². The van der Waals surface area contributed by atoms with Gasteiger partial charge in [-0.3, -0.25) is 4.79 Å². The van der Waals surface area contributed by atoms with Crippen LogP contribution in [0.5, 0.6) is 0 Å². The van der Waals surface area contributed by atoms with E-state index in [0.717, 1.165) is 37.1 Å². The Morgan fingerprint density at radius 2 is 2.17 bits per heavy atom. The van der Waals surface area contributed by atoms with Crippen molar-refractivity contribution < 1.29 is 4.79 Å². The normalized spacial score (nSPS) is 17.6. The van der Waals surface area contributed by atoms with Crippen molar-refractivity contribution in [3.63, 3.8) is 0 Å². The molecule has 0 aromatic heterocycles. The Bertz CT molecular complexity index is 416. The molecule has 1 unspecified atom stereocenters. The van der Waals surface area contributed by atoms with Gasteiger partial charge in [-0.05, 0) is 24.1 Å². The number of hydrogen-bond donors (Lipinski definition) is 1. The monoisotopic (exact) mass is 310 g/mol. The van der Waals surface area contributed by atoms with Crippen LogP contribution in [0.15, 0.2) is 28.7 Å². The molecular formula is C14H19BrN2O. The summed E-state index contributed by atoms with van der Waals surface area (Å²) in [5.41, 5.74) is 1.21. The molecule has 3 nitrogen and oxygen atoms in total. The van der Waals surface area contributed by atoms with E-state index < -0.39 is 0 Å². The Labute approximate surface area is 117 Å². The maximum Gasteiger partial charge on any atom is 0.225 e. The number of halogens is 1. The smallest absolute Gasteiger partial charge is 0.225 e. The lowest BCUT2D eigenvalue weighted by Gasteiger charge is -2.29. The third-order valence-electron chi connectivity index (χ3n) is 3.28. The molecule has 18 heavy (non-hydrogen) atoms. The first-order chi connectivity index (χ1) is 8.66. The van der Waals surface area contributed by atoms with Gasteiger partial charge in [0.05, 0.1) is 0 Å². The average molecular weight is 311 g/mol. The minimum Gasteiger partial charge on any atom is -0.340 e. The molecule has 0 radical (unpaired) electrons. The van der Waals surface area contributed by atoms with Crippen LogP contribution in [-0.4, -0.2) is 37.0 Å². The topological polar surface area (TPSA) is 32.3 Å². The van der Waals surface area contributed by atoms with Gasteiger partial charge >= 0.3 is 0 Å². The molecule has 1 aliphatic heterocycles. The fourth-order valence-electron chi connectivity index (χ4n) is 2.30. The van der Waals surface area contributed by atoms with E-state index in [1.165, 1.54) is 5.56 Å². The number of nitrogens with zero attached hydrogens (tertiary/aromatic N) is 1. The van der Waals surface area contributed by atoms with Gasteiger partial charge in [0.25, 0.3) is 0 Å². The van der Waals surface area contributed by atoms with Crippen molar-refractivity contribution >= 4 is 21.8 Å². The number of piperazine rings is 1. The molecule has 0 bridgehead atoms. The Kier molecular flexibility index (Phi) is 4.78. The highest BCUT2D eigenvalue weighted by molar-refractivity contribution is 9.10. The van der Waals surface area contributed by atoms with Crippen LogP contribution in [0.3, 0.4) is 0 Å². The van der Waals surface area contributed by atoms with Crippen molar-refractivity contribution in [1.82, 2.24) is 10.2 Å². The largest absolute Gasteiger partial charge is 0.340 e. The Morgan fingerprint density at radius 3 is 2.83 bits per heavy atom. The number of carbonyl (C=O) groups excluding carboxylic acids is 1. The molecular weight excluding hydrogens is 292 g/mol. The Hall–Kier alpha value is -0.870. The highest BCUT2D eigenvalue weighted by Gasteiger charge is 2.21. The first-order valence-corrected chi connectivity index (χ1v) is 7.20. The van der Waals surface area contributed by atoms with Gasteiger partial charge in [-0.25, -0.2) is 0 Å². The minimum absolute atomic E-state index is 0.0531. The van der Waals surface area contributed by atoms with Crippen molar-refractivity contribution in [2.24, 2.45) is 5.92 Å². The average Bonchev–Trinajstić information content (AvgIpc) is 2.39. The first-order valence-electron chi connectivity index (χ1n) is 6.41. The quantitative estimate of drug-likeness (QED) is 0.927. The SMILES string of the molecule is CC(Cc1cccc(Br)c1)C(=O)N1CCNCC1. The summed E-state index contributed by atoms with van der Waals surface area (Å²) in [5.74, 6) is 0.328. The van der Waals surface area contributed by atoms with E-state index in [1.54, 1.807) is 0 Å². The summed E-state index contributed by atoms with van der Waals surface area (Å²) in [5, 5.41) is 3.27. The van der Waals surface area contributed by atoms with E-state index in [-0.39, 0.29) is 11.8 Å². The molecule has 1 aromatic rings. The molecule has 1 amide bonds. The van der Waals surface area contributed by atoms with Gasteiger partial charge in [0, 0.05) is 36.6 Å². The second-order valence-electron chi connectivity index (χ2n) is 4.81. The van der Waals surface area contributed by atoms with E-state index in [9.17, 15) is 4.79 Å². The second kappa shape index (κ2) is 6.34. The predicted octanol–water partition coefficient (Wildman–Crippen LogP) is 2.06. The minimum atomic E-state index is 0.0531. The number of rotatable bonds is 3. The molecule has 1 aliphatic rings. The van der Waals surface area contributed by atoms with E-state index in [2.05, 4.69) is 33.4 Å². The summed E-state index contributed by atoms with van der Waals surface area (Å²) < 4.78 is 1.07. The lowest BCUT2D eigenvalue weighted by atomic mass is 9.99. The van der Waals surface area contributed by atoms with E-state index >= 15 is 0 Å². The summed E-state index contributed by atoms with van der Waals surface area (Å²) in [6, 6.07) is 8.18. The molecule has 0 saturated carbocycles. The lowest BCUT2D eigenvalue weighted by Crippen LogP contribution is -2.48. The number of hydrogen-bond acceptors (Lipinski definition) is 2. The summed E-state index contributed by atoms with van der Waals surface area (Å²) >= 11 is 3.46. The molecule has 0 aliphatic carbocycles. The van der Waals surface area contributed by atoms with Crippen LogP contribution in [0.2, 0.25) is 0 Å². The molecule has 98 valence electrons. The molecule has 1 N–H and O–H groups in total. The maximum absolute atomic E-state index is 12.3. The fraction of sp³-hybridized carbons (Fsp3) is 0.500. The van der Waals surface area contributed by atoms with Crippen molar-refractivity contribution in [3.8, 4) is 0 Å². The second-order valence-corrected chi connectivity index (χ2v) is 5.73. The predicted molar refractivity (Wildman–Crippen MR) is 76.5 cm³/mol. The molecule has 4 heteroatoms. The third-order valence-corrected chi connectivity index (χ3v) is 3.77. The summed E-state index contributed by atoms with van der Waals surface area (Å²) in [7, 11) is 0. The molecule has 0 spiro atoms. The van der Waals surface area contributed by atoms with Crippen molar-refractivity contribution in [3.05, 3.63) is 34.3 Å². The van der Waals surface area contributed by atoms with Crippen molar-refractivity contribution in [2.75, 3.05) is 26.2 Å². The number of benzene rings is 1. The summed E-state index contributed by atoms with van der Waals surface area (Å²) in [6.45, 7) is 5.51. The Balaban J connectivity index is 1.94. The van der Waals surface area contributed by atoms with Gasteiger partial charge in [0.2, 0.25) is 5.91 Å². The molecule has 1 fully saturated rings. The van der Waals surface area contributed by atoms with Crippen LogP contribution in [0.1, 0.15) is 12.5 Å². The zero-order valence-corrected chi connectivity index (χ0v) is 12.2. The molecule has 1 atom stereocenters. The Morgan fingerprint density at radius 1 is 1.44 bits per heavy atom. The van der Waals surface area contributed by atoms with E-state index in [0.29, 0.717) is 0 Å². The maximum atomic E-state index is 12.3. The van der Waals surface area contributed by atoms with Gasteiger partial charge in [-0.1, -0.05) is 35.0 Å². The fourth-order valence-corrected chi connectivity index (χ4v) is 2.75. The van der Waals surface area contributed by atoms with Crippen LogP contribution in [0.4, 0.5) is 0 Å². The highest BCUT2D eigenvalue weighted by atomic mass is 79.9. The first kappa shape index (κ1) is 13.6. The number of amides is 1. The van der Waals surface area contributed by atoms with Crippen molar-refractivity contribution in [2.45, 2.75) is 13.3 Å².